The molecule has 0 saturated heterocycles. The van der Waals surface area contributed by atoms with Gasteiger partial charge in [-0.1, -0.05) is 17.7 Å². The van der Waals surface area contributed by atoms with Crippen molar-refractivity contribution in [2.24, 2.45) is 0 Å². The number of aromatic amines is 1. The molecule has 0 aliphatic rings. The Balaban J connectivity index is 2.22. The van der Waals surface area contributed by atoms with Crippen LogP contribution in [0, 0.1) is 6.92 Å². The molecule has 2 N–H and O–H groups in total. The van der Waals surface area contributed by atoms with E-state index in [4.69, 9.17) is 11.6 Å². The molecule has 0 aliphatic heterocycles. The number of carbonyl (C=O) groups is 2. The Labute approximate surface area is 151 Å². The number of aromatic nitrogens is 2. The lowest BCUT2D eigenvalue weighted by atomic mass is 10.1. The zero-order valence-electron chi connectivity index (χ0n) is 12.9. The summed E-state index contributed by atoms with van der Waals surface area (Å²) in [5.41, 5.74) is 2.39. The molecule has 1 amide bonds. The fourth-order valence-electron chi connectivity index (χ4n) is 2.46. The second-order valence-electron chi connectivity index (χ2n) is 5.36. The second kappa shape index (κ2) is 6.37. The maximum absolute atomic E-state index is 12.9. The Morgan fingerprint density at radius 3 is 2.71 bits per heavy atom. The summed E-state index contributed by atoms with van der Waals surface area (Å²) in [4.78, 5) is 31.7. The highest BCUT2D eigenvalue weighted by atomic mass is 79.9. The first-order valence-electron chi connectivity index (χ1n) is 7.13. The van der Waals surface area contributed by atoms with E-state index in [1.807, 2.05) is 13.0 Å². The van der Waals surface area contributed by atoms with Crippen LogP contribution in [-0.2, 0) is 4.79 Å². The van der Waals surface area contributed by atoms with Crippen LogP contribution in [0.4, 0.5) is 5.69 Å². The molecule has 3 aromatic rings. The number of pyridine rings is 1. The van der Waals surface area contributed by atoms with Gasteiger partial charge in [-0.15, -0.1) is 0 Å². The zero-order valence-corrected chi connectivity index (χ0v) is 15.2. The van der Waals surface area contributed by atoms with E-state index in [0.717, 1.165) is 5.69 Å². The number of H-pyrrole nitrogens is 1. The molecule has 0 unspecified atom stereocenters. The van der Waals surface area contributed by atoms with Crippen LogP contribution in [0.5, 0.6) is 0 Å². The van der Waals surface area contributed by atoms with E-state index in [-0.39, 0.29) is 17.4 Å². The van der Waals surface area contributed by atoms with Crippen LogP contribution in [0.1, 0.15) is 28.8 Å². The summed E-state index contributed by atoms with van der Waals surface area (Å²) in [7, 11) is 0. The van der Waals surface area contributed by atoms with Gasteiger partial charge in [0, 0.05) is 28.0 Å². The summed E-state index contributed by atoms with van der Waals surface area (Å²) in [6.07, 6.45) is 0. The summed E-state index contributed by atoms with van der Waals surface area (Å²) in [6.45, 7) is 3.20. The van der Waals surface area contributed by atoms with Gasteiger partial charge in [0.15, 0.2) is 0 Å². The van der Waals surface area contributed by atoms with Gasteiger partial charge in [-0.05, 0) is 47.1 Å². The Hall–Kier alpha value is -2.18. The van der Waals surface area contributed by atoms with Crippen LogP contribution in [0.25, 0.3) is 10.9 Å². The molecule has 2 heterocycles. The lowest BCUT2D eigenvalue weighted by Gasteiger charge is -2.05. The van der Waals surface area contributed by atoms with Crippen molar-refractivity contribution in [1.29, 1.82) is 0 Å². The minimum Gasteiger partial charge on any atom is -0.350 e. The van der Waals surface area contributed by atoms with E-state index >= 15 is 0 Å². The number of rotatable bonds is 3. The summed E-state index contributed by atoms with van der Waals surface area (Å²) in [6, 6.07) is 8.69. The molecule has 0 radical (unpaired) electrons. The minimum atomic E-state index is -0.300. The van der Waals surface area contributed by atoms with Crippen molar-refractivity contribution < 1.29 is 9.59 Å². The molecular weight excluding hydrogens is 394 g/mol. The number of nitrogens with one attached hydrogen (secondary N) is 2. The average Bonchev–Trinajstić information content (AvgIpc) is 2.84. The van der Waals surface area contributed by atoms with Crippen molar-refractivity contribution >= 4 is 55.8 Å². The molecule has 2 aromatic heterocycles. The molecule has 0 fully saturated rings. The number of hydrogen-bond donors (Lipinski definition) is 2. The minimum absolute atomic E-state index is 0.270. The van der Waals surface area contributed by atoms with Gasteiger partial charge in [0.2, 0.25) is 11.7 Å². The fraction of sp³-hybridized carbons (Fsp3) is 0.118. The first-order chi connectivity index (χ1) is 11.4. The van der Waals surface area contributed by atoms with Gasteiger partial charge in [0.05, 0.1) is 10.7 Å². The van der Waals surface area contributed by atoms with Crippen molar-refractivity contribution in [2.45, 2.75) is 13.8 Å². The molecule has 0 spiro atoms. The van der Waals surface area contributed by atoms with Gasteiger partial charge in [-0.2, -0.15) is 0 Å². The van der Waals surface area contributed by atoms with Crippen LogP contribution < -0.4 is 5.32 Å². The standard InChI is InChI=1S/C17H13BrClN3O2/c1-8-4-3-5-13(20-8)17(24)16-15(21-9(2)23)10-6-11(18)12(19)7-14(10)22-16/h3-7,22H,1-2H3,(H,21,23). The smallest absolute Gasteiger partial charge is 0.229 e. The topological polar surface area (TPSA) is 74.8 Å². The SMILES string of the molecule is CC(=O)Nc1c(C(=O)c2cccc(C)n2)[nH]c2cc(Cl)c(Br)cc12. The number of halogens is 2. The number of aryl methyl sites for hydroxylation is 1. The van der Waals surface area contributed by atoms with Crippen LogP contribution in [0.15, 0.2) is 34.8 Å². The number of carbonyl (C=O) groups excluding carboxylic acids is 2. The predicted octanol–water partition coefficient (Wildman–Crippen LogP) is 4.48. The van der Waals surface area contributed by atoms with E-state index < -0.39 is 0 Å². The fourth-order valence-corrected chi connectivity index (χ4v) is 2.97. The monoisotopic (exact) mass is 405 g/mol. The van der Waals surface area contributed by atoms with Crippen LogP contribution in [0.2, 0.25) is 5.02 Å². The van der Waals surface area contributed by atoms with E-state index in [9.17, 15) is 9.59 Å². The molecule has 5 nitrogen and oxygen atoms in total. The lowest BCUT2D eigenvalue weighted by molar-refractivity contribution is -0.114. The highest BCUT2D eigenvalue weighted by Gasteiger charge is 2.22. The normalized spacial score (nSPS) is 10.8. The van der Waals surface area contributed by atoms with E-state index in [2.05, 4.69) is 31.2 Å². The summed E-state index contributed by atoms with van der Waals surface area (Å²) in [5, 5.41) is 3.92. The average molecular weight is 407 g/mol. The highest BCUT2D eigenvalue weighted by Crippen LogP contribution is 2.35. The molecule has 122 valence electrons. The Bertz CT molecular complexity index is 981. The maximum atomic E-state index is 12.9. The van der Waals surface area contributed by atoms with Crippen molar-refractivity contribution in [3.05, 3.63) is 56.9 Å². The second-order valence-corrected chi connectivity index (χ2v) is 6.62. The van der Waals surface area contributed by atoms with E-state index in [0.29, 0.717) is 31.8 Å². The third-order valence-electron chi connectivity index (χ3n) is 3.49. The number of anilines is 1. The highest BCUT2D eigenvalue weighted by molar-refractivity contribution is 9.10. The lowest BCUT2D eigenvalue weighted by Crippen LogP contribution is -2.12. The van der Waals surface area contributed by atoms with Crippen LogP contribution >= 0.6 is 27.5 Å². The Morgan fingerprint density at radius 1 is 1.29 bits per heavy atom. The molecule has 0 bridgehead atoms. The summed E-state index contributed by atoms with van der Waals surface area (Å²) >= 11 is 9.48. The largest absolute Gasteiger partial charge is 0.350 e. The predicted molar refractivity (Wildman–Crippen MR) is 97.7 cm³/mol. The number of amides is 1. The van der Waals surface area contributed by atoms with Crippen LogP contribution in [0.3, 0.4) is 0 Å². The van der Waals surface area contributed by atoms with Gasteiger partial charge in [0.25, 0.3) is 0 Å². The van der Waals surface area contributed by atoms with E-state index in [1.165, 1.54) is 6.92 Å². The third-order valence-corrected chi connectivity index (χ3v) is 4.69. The van der Waals surface area contributed by atoms with Gasteiger partial charge in [0.1, 0.15) is 11.4 Å². The Kier molecular flexibility index (Phi) is 4.43. The van der Waals surface area contributed by atoms with Gasteiger partial charge in [-0.3, -0.25) is 9.59 Å². The van der Waals surface area contributed by atoms with Crippen molar-refractivity contribution in [3.8, 4) is 0 Å². The zero-order chi connectivity index (χ0) is 17.4. The molecule has 0 saturated carbocycles. The molecule has 3 rings (SSSR count). The molecule has 1 aromatic carbocycles. The quantitative estimate of drug-likeness (QED) is 0.630. The number of nitrogens with zero attached hydrogens (tertiary/aromatic N) is 1. The molecule has 7 heteroatoms. The molecule has 24 heavy (non-hydrogen) atoms. The van der Waals surface area contributed by atoms with Gasteiger partial charge in [-0.25, -0.2) is 4.98 Å². The number of ketones is 1. The van der Waals surface area contributed by atoms with Crippen molar-refractivity contribution in [1.82, 2.24) is 9.97 Å². The van der Waals surface area contributed by atoms with Crippen LogP contribution in [-0.4, -0.2) is 21.7 Å². The molecular formula is C17H13BrClN3O2. The van der Waals surface area contributed by atoms with E-state index in [1.54, 1.807) is 24.3 Å². The van der Waals surface area contributed by atoms with Crippen molar-refractivity contribution in [3.63, 3.8) is 0 Å². The summed E-state index contributed by atoms with van der Waals surface area (Å²) < 4.78 is 0.676. The first kappa shape index (κ1) is 16.7. The van der Waals surface area contributed by atoms with Gasteiger partial charge >= 0.3 is 0 Å². The summed E-state index contributed by atoms with van der Waals surface area (Å²) in [5.74, 6) is -0.570. The van der Waals surface area contributed by atoms with Gasteiger partial charge < -0.3 is 10.3 Å². The van der Waals surface area contributed by atoms with Crippen molar-refractivity contribution in [2.75, 3.05) is 5.32 Å². The number of fused-ring (bicyclic) bond motifs is 1. The molecule has 0 atom stereocenters. The third kappa shape index (κ3) is 3.07. The first-order valence-corrected chi connectivity index (χ1v) is 8.30. The Morgan fingerprint density at radius 2 is 2.04 bits per heavy atom. The molecule has 0 aliphatic carbocycles. The number of benzene rings is 1. The number of hydrogen-bond acceptors (Lipinski definition) is 3. The maximum Gasteiger partial charge on any atom is 0.229 e.